The smallest absolute Gasteiger partial charge is 0.455 e. The molecule has 1 aromatic carbocycles. The fourth-order valence-corrected chi connectivity index (χ4v) is 2.70. The predicted octanol–water partition coefficient (Wildman–Crippen LogP) is 3.79. The SMILES string of the molecule is Cc1cc(C(F)(F)C(O)(F)C(F)(F)F)cc(C)c1SCC(=O)O. The average Bonchev–Trinajstić information content (AvgIpc) is 2.35. The highest BCUT2D eigenvalue weighted by Gasteiger charge is 2.71. The number of alkyl halides is 6. The lowest BCUT2D eigenvalue weighted by Gasteiger charge is -2.31. The summed E-state index contributed by atoms with van der Waals surface area (Å²) >= 11 is 0.791. The van der Waals surface area contributed by atoms with Gasteiger partial charge in [0.25, 0.3) is 0 Å². The van der Waals surface area contributed by atoms with Crippen LogP contribution in [0.1, 0.15) is 16.7 Å². The Labute approximate surface area is 131 Å². The van der Waals surface area contributed by atoms with Crippen LogP contribution < -0.4 is 0 Å². The number of carbonyl (C=O) groups is 1. The van der Waals surface area contributed by atoms with Gasteiger partial charge in [-0.2, -0.15) is 26.3 Å². The first-order valence-corrected chi connectivity index (χ1v) is 7.02. The first kappa shape index (κ1) is 19.6. The van der Waals surface area contributed by atoms with Gasteiger partial charge < -0.3 is 10.2 Å². The second kappa shape index (κ2) is 6.23. The molecule has 0 aliphatic carbocycles. The van der Waals surface area contributed by atoms with Gasteiger partial charge in [0.1, 0.15) is 0 Å². The molecule has 3 nitrogen and oxygen atoms in total. The Bertz CT molecular complexity index is 589. The van der Waals surface area contributed by atoms with E-state index in [9.17, 15) is 31.1 Å². The van der Waals surface area contributed by atoms with Crippen molar-refractivity contribution in [3.05, 3.63) is 28.8 Å². The molecule has 1 unspecified atom stereocenters. The zero-order chi connectivity index (χ0) is 18.2. The van der Waals surface area contributed by atoms with E-state index in [0.29, 0.717) is 12.1 Å². The topological polar surface area (TPSA) is 57.5 Å². The monoisotopic (exact) mass is 362 g/mol. The third kappa shape index (κ3) is 3.74. The highest BCUT2D eigenvalue weighted by atomic mass is 32.2. The average molecular weight is 362 g/mol. The van der Waals surface area contributed by atoms with E-state index in [1.165, 1.54) is 13.8 Å². The molecule has 0 aromatic heterocycles. The molecule has 0 radical (unpaired) electrons. The molecule has 0 bridgehead atoms. The molecule has 2 N–H and O–H groups in total. The minimum absolute atomic E-state index is 0.0453. The van der Waals surface area contributed by atoms with Crippen LogP contribution in [0.15, 0.2) is 17.0 Å². The highest BCUT2D eigenvalue weighted by Crippen LogP contribution is 2.49. The Morgan fingerprint density at radius 2 is 1.52 bits per heavy atom. The number of thioether (sulfide) groups is 1. The van der Waals surface area contributed by atoms with Gasteiger partial charge in [-0.15, -0.1) is 11.8 Å². The molecule has 0 aliphatic heterocycles. The summed E-state index contributed by atoms with van der Waals surface area (Å²) in [6.45, 7) is 2.53. The summed E-state index contributed by atoms with van der Waals surface area (Å²) < 4.78 is 77.8. The number of benzene rings is 1. The molecule has 0 amide bonds. The number of hydrogen-bond donors (Lipinski definition) is 2. The van der Waals surface area contributed by atoms with Crippen molar-refractivity contribution in [1.29, 1.82) is 0 Å². The van der Waals surface area contributed by atoms with Crippen LogP contribution >= 0.6 is 11.8 Å². The van der Waals surface area contributed by atoms with Crippen molar-refractivity contribution in [2.75, 3.05) is 5.75 Å². The molecule has 23 heavy (non-hydrogen) atoms. The summed E-state index contributed by atoms with van der Waals surface area (Å²) in [7, 11) is 0. The lowest BCUT2D eigenvalue weighted by atomic mass is 9.97. The number of aliphatic hydroxyl groups is 1. The van der Waals surface area contributed by atoms with Gasteiger partial charge >= 0.3 is 23.9 Å². The third-order valence-electron chi connectivity index (χ3n) is 2.95. The fraction of sp³-hybridized carbons (Fsp3) is 0.462. The van der Waals surface area contributed by atoms with Crippen molar-refractivity contribution in [3.8, 4) is 0 Å². The molecule has 0 spiro atoms. The van der Waals surface area contributed by atoms with Crippen molar-refractivity contribution in [2.45, 2.75) is 36.7 Å². The fourth-order valence-electron chi connectivity index (χ4n) is 1.86. The zero-order valence-corrected chi connectivity index (χ0v) is 12.7. The van der Waals surface area contributed by atoms with E-state index in [1.54, 1.807) is 0 Å². The Hall–Kier alpha value is -1.42. The molecule has 1 atom stereocenters. The summed E-state index contributed by atoms with van der Waals surface area (Å²) in [5.74, 6) is -12.5. The molecular formula is C13H12F6O3S. The summed E-state index contributed by atoms with van der Waals surface area (Å²) in [4.78, 5) is 10.8. The van der Waals surface area contributed by atoms with E-state index in [0.717, 1.165) is 11.8 Å². The second-order valence-electron chi connectivity index (χ2n) is 4.82. The number of aryl methyl sites for hydroxylation is 2. The quantitative estimate of drug-likeness (QED) is 0.618. The van der Waals surface area contributed by atoms with Gasteiger partial charge in [0.05, 0.1) is 5.75 Å². The molecule has 0 saturated carbocycles. The van der Waals surface area contributed by atoms with Gasteiger partial charge in [-0.25, -0.2) is 0 Å². The van der Waals surface area contributed by atoms with E-state index in [2.05, 4.69) is 0 Å². The molecule has 130 valence electrons. The zero-order valence-electron chi connectivity index (χ0n) is 11.8. The van der Waals surface area contributed by atoms with Crippen molar-refractivity contribution in [3.63, 3.8) is 0 Å². The number of hydrogen-bond acceptors (Lipinski definition) is 3. The summed E-state index contributed by atoms with van der Waals surface area (Å²) in [6.07, 6.45) is -6.19. The predicted molar refractivity (Wildman–Crippen MR) is 70.3 cm³/mol. The van der Waals surface area contributed by atoms with Gasteiger partial charge in [0.15, 0.2) is 0 Å². The molecule has 1 aromatic rings. The van der Waals surface area contributed by atoms with E-state index >= 15 is 0 Å². The number of aliphatic carboxylic acids is 1. The van der Waals surface area contributed by atoms with Crippen LogP contribution in [-0.4, -0.2) is 34.0 Å². The Balaban J connectivity index is 3.32. The minimum atomic E-state index is -6.19. The Morgan fingerprint density at radius 1 is 1.09 bits per heavy atom. The lowest BCUT2D eigenvalue weighted by molar-refractivity contribution is -0.390. The first-order valence-electron chi connectivity index (χ1n) is 6.04. The highest BCUT2D eigenvalue weighted by molar-refractivity contribution is 8.00. The Morgan fingerprint density at radius 3 is 1.87 bits per heavy atom. The van der Waals surface area contributed by atoms with Crippen LogP contribution in [0.25, 0.3) is 0 Å². The standard InChI is InChI=1S/C13H12F6O3S/c1-6-3-8(4-7(2)10(6)23-5-9(20)21)11(14,15)12(16,22)13(17,18)19/h3-4,22H,5H2,1-2H3,(H,20,21). The van der Waals surface area contributed by atoms with Crippen LogP contribution in [0.2, 0.25) is 0 Å². The molecular weight excluding hydrogens is 350 g/mol. The molecule has 10 heteroatoms. The molecule has 0 heterocycles. The number of rotatable bonds is 5. The van der Waals surface area contributed by atoms with E-state index < -0.39 is 29.5 Å². The molecule has 0 saturated heterocycles. The van der Waals surface area contributed by atoms with E-state index in [-0.39, 0.29) is 21.8 Å². The normalized spacial score (nSPS) is 15.3. The van der Waals surface area contributed by atoms with Gasteiger partial charge in [0.2, 0.25) is 0 Å². The van der Waals surface area contributed by atoms with Crippen LogP contribution in [0.5, 0.6) is 0 Å². The van der Waals surface area contributed by atoms with Crippen molar-refractivity contribution in [2.24, 2.45) is 0 Å². The Kier molecular flexibility index (Phi) is 5.32. The van der Waals surface area contributed by atoms with Crippen LogP contribution in [0, 0.1) is 13.8 Å². The van der Waals surface area contributed by atoms with Gasteiger partial charge in [-0.1, -0.05) is 0 Å². The van der Waals surface area contributed by atoms with Crippen LogP contribution in [-0.2, 0) is 10.7 Å². The van der Waals surface area contributed by atoms with Crippen molar-refractivity contribution in [1.82, 2.24) is 0 Å². The lowest BCUT2D eigenvalue weighted by Crippen LogP contribution is -2.53. The second-order valence-corrected chi connectivity index (χ2v) is 5.80. The number of carboxylic acids is 1. The summed E-state index contributed by atoms with van der Waals surface area (Å²) in [5.41, 5.74) is -1.26. The largest absolute Gasteiger partial charge is 0.481 e. The molecule has 0 aliphatic rings. The third-order valence-corrected chi connectivity index (χ3v) is 4.28. The number of carboxylic acid groups (broad SMARTS) is 1. The van der Waals surface area contributed by atoms with Crippen molar-refractivity contribution < 1.29 is 41.4 Å². The molecule has 1 rings (SSSR count). The van der Waals surface area contributed by atoms with Gasteiger partial charge in [0, 0.05) is 10.5 Å². The maximum absolute atomic E-state index is 13.8. The minimum Gasteiger partial charge on any atom is -0.481 e. The van der Waals surface area contributed by atoms with E-state index in [1.807, 2.05) is 0 Å². The molecule has 0 fully saturated rings. The maximum Gasteiger partial charge on any atom is 0.455 e. The van der Waals surface area contributed by atoms with Gasteiger partial charge in [-0.3, -0.25) is 4.79 Å². The maximum atomic E-state index is 13.8. The first-order chi connectivity index (χ1) is 10.2. The van der Waals surface area contributed by atoms with Gasteiger partial charge in [-0.05, 0) is 37.1 Å². The summed E-state index contributed by atoms with van der Waals surface area (Å²) in [5, 5.41) is 17.2. The van der Waals surface area contributed by atoms with Crippen LogP contribution in [0.3, 0.4) is 0 Å². The van der Waals surface area contributed by atoms with Crippen LogP contribution in [0.4, 0.5) is 26.3 Å². The van der Waals surface area contributed by atoms with Crippen molar-refractivity contribution >= 4 is 17.7 Å². The van der Waals surface area contributed by atoms with E-state index in [4.69, 9.17) is 10.2 Å². The summed E-state index contributed by atoms with van der Waals surface area (Å²) in [6, 6.07) is 1.18. The number of halogens is 6.